The maximum atomic E-state index is 12.6. The first-order valence-corrected chi connectivity index (χ1v) is 8.82. The van der Waals surface area contributed by atoms with Crippen LogP contribution in [0.4, 0.5) is 0 Å². The van der Waals surface area contributed by atoms with Crippen LogP contribution < -0.4 is 5.32 Å². The van der Waals surface area contributed by atoms with Crippen molar-refractivity contribution in [1.29, 1.82) is 0 Å². The first-order chi connectivity index (χ1) is 11.1. The number of carbonyl (C=O) groups is 1. The van der Waals surface area contributed by atoms with Crippen molar-refractivity contribution in [1.82, 2.24) is 10.2 Å². The van der Waals surface area contributed by atoms with Crippen molar-refractivity contribution in [2.75, 3.05) is 13.1 Å². The molecule has 2 N–H and O–H groups in total. The van der Waals surface area contributed by atoms with Crippen LogP contribution in [-0.2, 0) is 11.3 Å². The van der Waals surface area contributed by atoms with E-state index in [1.54, 1.807) is 0 Å². The second-order valence-corrected chi connectivity index (χ2v) is 7.40. The van der Waals surface area contributed by atoms with Crippen molar-refractivity contribution in [3.8, 4) is 0 Å². The summed E-state index contributed by atoms with van der Waals surface area (Å²) in [6.45, 7) is 4.93. The quantitative estimate of drug-likeness (QED) is 0.896. The molecule has 1 heterocycles. The van der Waals surface area contributed by atoms with E-state index in [4.69, 9.17) is 0 Å². The predicted molar refractivity (Wildman–Crippen MR) is 90.8 cm³/mol. The average molecular weight is 316 g/mol. The molecule has 0 radical (unpaired) electrons. The van der Waals surface area contributed by atoms with Gasteiger partial charge in [0.2, 0.25) is 5.91 Å². The number of hydrogen-bond acceptors (Lipinski definition) is 3. The number of amides is 1. The second kappa shape index (κ2) is 7.02. The van der Waals surface area contributed by atoms with Gasteiger partial charge in [0.15, 0.2) is 0 Å². The van der Waals surface area contributed by atoms with Gasteiger partial charge in [0, 0.05) is 12.0 Å². The summed E-state index contributed by atoms with van der Waals surface area (Å²) < 4.78 is 0. The summed E-state index contributed by atoms with van der Waals surface area (Å²) in [6, 6.07) is 10.5. The summed E-state index contributed by atoms with van der Waals surface area (Å²) in [5.41, 5.74) is 1.03. The maximum Gasteiger partial charge on any atom is 0.226 e. The number of piperidine rings is 1. The fourth-order valence-electron chi connectivity index (χ4n) is 3.72. The number of carbonyl (C=O) groups excluding carboxylic acids is 1. The molecular formula is C19H28N2O2. The SMILES string of the molecule is CC1(C(=O)N[C@@H]2CCC[C@@H]2O)CCN(Cc2ccccc2)CC1. The van der Waals surface area contributed by atoms with Crippen molar-refractivity contribution >= 4 is 5.91 Å². The van der Waals surface area contributed by atoms with E-state index in [1.165, 1.54) is 5.56 Å². The molecule has 1 aliphatic heterocycles. The highest BCUT2D eigenvalue weighted by Crippen LogP contribution is 2.32. The average Bonchev–Trinajstić information content (AvgIpc) is 2.96. The first kappa shape index (κ1) is 16.5. The molecule has 1 amide bonds. The first-order valence-electron chi connectivity index (χ1n) is 8.82. The fourth-order valence-corrected chi connectivity index (χ4v) is 3.72. The Bertz CT molecular complexity index is 523. The standard InChI is InChI=1S/C19H28N2O2/c1-19(18(23)20-16-8-5-9-17(16)22)10-12-21(13-11-19)14-15-6-3-2-4-7-15/h2-4,6-7,16-17,22H,5,8-14H2,1H3,(H,20,23)/t16-,17+/m1/s1. The largest absolute Gasteiger partial charge is 0.391 e. The zero-order valence-electron chi connectivity index (χ0n) is 14.0. The lowest BCUT2D eigenvalue weighted by Crippen LogP contribution is -2.51. The Labute approximate surface area is 138 Å². The minimum absolute atomic E-state index is 0.0401. The van der Waals surface area contributed by atoms with Crippen LogP contribution in [0.3, 0.4) is 0 Å². The molecular weight excluding hydrogens is 288 g/mol. The van der Waals surface area contributed by atoms with E-state index in [1.807, 2.05) is 6.07 Å². The fraction of sp³-hybridized carbons (Fsp3) is 0.632. The number of nitrogens with zero attached hydrogens (tertiary/aromatic N) is 1. The molecule has 126 valence electrons. The molecule has 0 spiro atoms. The summed E-state index contributed by atoms with van der Waals surface area (Å²) in [7, 11) is 0. The van der Waals surface area contributed by atoms with Gasteiger partial charge in [-0.3, -0.25) is 9.69 Å². The number of nitrogens with one attached hydrogen (secondary N) is 1. The molecule has 3 rings (SSSR count). The van der Waals surface area contributed by atoms with Crippen LogP contribution in [0.15, 0.2) is 30.3 Å². The number of likely N-dealkylation sites (tertiary alicyclic amines) is 1. The molecule has 23 heavy (non-hydrogen) atoms. The van der Waals surface area contributed by atoms with Crippen molar-refractivity contribution in [2.24, 2.45) is 5.41 Å². The van der Waals surface area contributed by atoms with E-state index in [0.717, 1.165) is 51.7 Å². The van der Waals surface area contributed by atoms with E-state index in [2.05, 4.69) is 41.4 Å². The third-order valence-corrected chi connectivity index (χ3v) is 5.55. The van der Waals surface area contributed by atoms with Gasteiger partial charge in [-0.2, -0.15) is 0 Å². The Hall–Kier alpha value is -1.39. The minimum Gasteiger partial charge on any atom is -0.391 e. The topological polar surface area (TPSA) is 52.6 Å². The summed E-state index contributed by atoms with van der Waals surface area (Å²) in [5, 5.41) is 13.0. The van der Waals surface area contributed by atoms with Crippen molar-refractivity contribution in [2.45, 2.75) is 57.7 Å². The number of hydrogen-bond donors (Lipinski definition) is 2. The highest BCUT2D eigenvalue weighted by atomic mass is 16.3. The molecule has 1 saturated heterocycles. The summed E-state index contributed by atoms with van der Waals surface area (Å²) >= 11 is 0. The van der Waals surface area contributed by atoms with E-state index in [9.17, 15) is 9.90 Å². The Balaban J connectivity index is 1.51. The van der Waals surface area contributed by atoms with Crippen molar-refractivity contribution in [3.63, 3.8) is 0 Å². The second-order valence-electron chi connectivity index (χ2n) is 7.40. The normalized spacial score (nSPS) is 27.7. The van der Waals surface area contributed by atoms with Crippen LogP contribution in [0, 0.1) is 5.41 Å². The monoisotopic (exact) mass is 316 g/mol. The summed E-state index contributed by atoms with van der Waals surface area (Å²) in [6.07, 6.45) is 4.13. The molecule has 0 unspecified atom stereocenters. The number of rotatable bonds is 4. The highest BCUT2D eigenvalue weighted by Gasteiger charge is 2.39. The van der Waals surface area contributed by atoms with E-state index in [-0.39, 0.29) is 23.5 Å². The lowest BCUT2D eigenvalue weighted by molar-refractivity contribution is -0.134. The van der Waals surface area contributed by atoms with Gasteiger partial charge in [0.1, 0.15) is 0 Å². The van der Waals surface area contributed by atoms with Gasteiger partial charge in [0.25, 0.3) is 0 Å². The highest BCUT2D eigenvalue weighted by molar-refractivity contribution is 5.82. The molecule has 2 atom stereocenters. The molecule has 0 aromatic heterocycles. The van der Waals surface area contributed by atoms with Gasteiger partial charge >= 0.3 is 0 Å². The van der Waals surface area contributed by atoms with Crippen molar-refractivity contribution in [3.05, 3.63) is 35.9 Å². The van der Waals surface area contributed by atoms with Crippen LogP contribution in [-0.4, -0.2) is 41.1 Å². The maximum absolute atomic E-state index is 12.6. The Kier molecular flexibility index (Phi) is 5.02. The van der Waals surface area contributed by atoms with Gasteiger partial charge in [-0.25, -0.2) is 0 Å². The molecule has 1 aromatic carbocycles. The van der Waals surface area contributed by atoms with Gasteiger partial charge < -0.3 is 10.4 Å². The van der Waals surface area contributed by atoms with Crippen LogP contribution in [0.1, 0.15) is 44.6 Å². The third-order valence-electron chi connectivity index (χ3n) is 5.55. The van der Waals surface area contributed by atoms with Crippen LogP contribution in [0.5, 0.6) is 0 Å². The summed E-state index contributed by atoms with van der Waals surface area (Å²) in [5.74, 6) is 0.128. The molecule has 1 aliphatic carbocycles. The number of aliphatic hydroxyl groups excluding tert-OH is 1. The zero-order chi connectivity index (χ0) is 16.3. The molecule has 1 saturated carbocycles. The molecule has 1 aromatic rings. The van der Waals surface area contributed by atoms with Gasteiger partial charge in [-0.05, 0) is 50.8 Å². The van der Waals surface area contributed by atoms with Crippen LogP contribution >= 0.6 is 0 Å². The Morgan fingerprint density at radius 1 is 1.26 bits per heavy atom. The molecule has 4 nitrogen and oxygen atoms in total. The third kappa shape index (κ3) is 3.93. The predicted octanol–water partition coefficient (Wildman–Crippen LogP) is 2.32. The van der Waals surface area contributed by atoms with Gasteiger partial charge in [-0.1, -0.05) is 37.3 Å². The lowest BCUT2D eigenvalue weighted by Gasteiger charge is -2.39. The van der Waals surface area contributed by atoms with Gasteiger partial charge in [0.05, 0.1) is 12.1 Å². The number of benzene rings is 1. The smallest absolute Gasteiger partial charge is 0.226 e. The van der Waals surface area contributed by atoms with E-state index < -0.39 is 0 Å². The number of aliphatic hydroxyl groups is 1. The van der Waals surface area contributed by atoms with Crippen molar-refractivity contribution < 1.29 is 9.90 Å². The summed E-state index contributed by atoms with van der Waals surface area (Å²) in [4.78, 5) is 15.1. The zero-order valence-corrected chi connectivity index (χ0v) is 14.0. The molecule has 0 bridgehead atoms. The molecule has 2 fully saturated rings. The lowest BCUT2D eigenvalue weighted by atomic mass is 9.79. The Morgan fingerprint density at radius 2 is 1.96 bits per heavy atom. The molecule has 4 heteroatoms. The molecule has 2 aliphatic rings. The van der Waals surface area contributed by atoms with Crippen LogP contribution in [0.25, 0.3) is 0 Å². The van der Waals surface area contributed by atoms with Gasteiger partial charge in [-0.15, -0.1) is 0 Å². The van der Waals surface area contributed by atoms with E-state index >= 15 is 0 Å². The Morgan fingerprint density at radius 3 is 2.57 bits per heavy atom. The minimum atomic E-state index is -0.360. The van der Waals surface area contributed by atoms with Crippen LogP contribution in [0.2, 0.25) is 0 Å². The van der Waals surface area contributed by atoms with E-state index in [0.29, 0.717) is 0 Å².